The van der Waals surface area contributed by atoms with Crippen molar-refractivity contribution in [3.05, 3.63) is 11.7 Å². The average molecular weight is 253 g/mol. The van der Waals surface area contributed by atoms with E-state index in [0.717, 1.165) is 31.6 Å². The fraction of sp³-hybridized carbons (Fsp3) is 0.846. The number of methoxy groups -OCH3 is 1. The highest BCUT2D eigenvalue weighted by Gasteiger charge is 2.40. The molecular formula is C13H23N3O2. The zero-order valence-electron chi connectivity index (χ0n) is 11.5. The summed E-state index contributed by atoms with van der Waals surface area (Å²) in [5.74, 6) is 2.15. The summed E-state index contributed by atoms with van der Waals surface area (Å²) in [7, 11) is 1.73. The van der Waals surface area contributed by atoms with Gasteiger partial charge < -0.3 is 15.0 Å². The van der Waals surface area contributed by atoms with E-state index in [1.165, 1.54) is 0 Å². The molecule has 1 aliphatic rings. The van der Waals surface area contributed by atoms with Crippen LogP contribution >= 0.6 is 0 Å². The van der Waals surface area contributed by atoms with Gasteiger partial charge in [0.15, 0.2) is 0 Å². The summed E-state index contributed by atoms with van der Waals surface area (Å²) in [6.07, 6.45) is 4.20. The summed E-state index contributed by atoms with van der Waals surface area (Å²) in [6, 6.07) is 0. The Morgan fingerprint density at radius 1 is 1.50 bits per heavy atom. The van der Waals surface area contributed by atoms with Crippen LogP contribution in [0.3, 0.4) is 0 Å². The molecule has 0 spiro atoms. The maximum Gasteiger partial charge on any atom is 0.230 e. The summed E-state index contributed by atoms with van der Waals surface area (Å²) in [6.45, 7) is 4.77. The molecule has 0 bridgehead atoms. The molecule has 5 nitrogen and oxygen atoms in total. The highest BCUT2D eigenvalue weighted by molar-refractivity contribution is 5.05. The van der Waals surface area contributed by atoms with E-state index in [-0.39, 0.29) is 11.5 Å². The first kappa shape index (κ1) is 13.5. The highest BCUT2D eigenvalue weighted by Crippen LogP contribution is 2.40. The van der Waals surface area contributed by atoms with E-state index in [4.69, 9.17) is 15.0 Å². The quantitative estimate of drug-likeness (QED) is 0.890. The molecule has 0 aliphatic heterocycles. The van der Waals surface area contributed by atoms with Crippen LogP contribution in [0.2, 0.25) is 0 Å². The van der Waals surface area contributed by atoms with Crippen LogP contribution in [0, 0.1) is 5.92 Å². The molecule has 0 radical (unpaired) electrons. The molecule has 2 rings (SSSR count). The van der Waals surface area contributed by atoms with Crippen molar-refractivity contribution in [2.75, 3.05) is 13.7 Å². The number of hydrogen-bond donors (Lipinski definition) is 1. The van der Waals surface area contributed by atoms with Gasteiger partial charge >= 0.3 is 0 Å². The third-order valence-corrected chi connectivity index (χ3v) is 4.10. The zero-order valence-corrected chi connectivity index (χ0v) is 11.5. The summed E-state index contributed by atoms with van der Waals surface area (Å²) in [5.41, 5.74) is 5.26. The Kier molecular flexibility index (Phi) is 4.02. The van der Waals surface area contributed by atoms with E-state index >= 15 is 0 Å². The third-order valence-electron chi connectivity index (χ3n) is 4.10. The lowest BCUT2D eigenvalue weighted by atomic mass is 9.79. The van der Waals surface area contributed by atoms with E-state index < -0.39 is 0 Å². The first-order valence-electron chi connectivity index (χ1n) is 6.70. The topological polar surface area (TPSA) is 74.2 Å². The number of nitrogens with zero attached hydrogens (tertiary/aromatic N) is 2. The van der Waals surface area contributed by atoms with Gasteiger partial charge in [-0.05, 0) is 31.6 Å². The van der Waals surface area contributed by atoms with Gasteiger partial charge in [-0.1, -0.05) is 19.0 Å². The number of ether oxygens (including phenoxy) is 1. The van der Waals surface area contributed by atoms with Gasteiger partial charge in [0.2, 0.25) is 11.7 Å². The molecule has 0 saturated heterocycles. The van der Waals surface area contributed by atoms with Crippen molar-refractivity contribution in [3.8, 4) is 0 Å². The standard InChI is InChI=1S/C13H23N3O2/c1-9-4-6-13(17-3,7-5-9)12-15-11(18-16-12)10(2)8-14/h9-10H,4-8,14H2,1-3H3. The number of hydrogen-bond acceptors (Lipinski definition) is 5. The maximum absolute atomic E-state index is 5.72. The van der Waals surface area contributed by atoms with Gasteiger partial charge in [-0.2, -0.15) is 4.98 Å². The predicted molar refractivity (Wildman–Crippen MR) is 68.1 cm³/mol. The van der Waals surface area contributed by atoms with Crippen LogP contribution in [0.5, 0.6) is 0 Å². The molecule has 1 unspecified atom stereocenters. The van der Waals surface area contributed by atoms with E-state index in [9.17, 15) is 0 Å². The van der Waals surface area contributed by atoms with Crippen LogP contribution in [0.15, 0.2) is 4.52 Å². The molecule has 1 saturated carbocycles. The van der Waals surface area contributed by atoms with E-state index in [1.807, 2.05) is 6.92 Å². The lowest BCUT2D eigenvalue weighted by Crippen LogP contribution is -2.34. The van der Waals surface area contributed by atoms with Gasteiger partial charge in [0.25, 0.3) is 0 Å². The molecule has 2 N–H and O–H groups in total. The van der Waals surface area contributed by atoms with Crippen LogP contribution in [-0.4, -0.2) is 23.8 Å². The molecule has 0 amide bonds. The fourth-order valence-electron chi connectivity index (χ4n) is 2.47. The second-order valence-corrected chi connectivity index (χ2v) is 5.47. The Balaban J connectivity index is 2.20. The van der Waals surface area contributed by atoms with Crippen LogP contribution < -0.4 is 5.73 Å². The highest BCUT2D eigenvalue weighted by atomic mass is 16.5. The van der Waals surface area contributed by atoms with Crippen LogP contribution in [0.25, 0.3) is 0 Å². The van der Waals surface area contributed by atoms with Crippen molar-refractivity contribution in [3.63, 3.8) is 0 Å². The third kappa shape index (κ3) is 2.42. The van der Waals surface area contributed by atoms with Gasteiger partial charge in [-0.3, -0.25) is 0 Å². The molecule has 1 fully saturated rings. The molecule has 102 valence electrons. The van der Waals surface area contributed by atoms with Crippen molar-refractivity contribution in [2.45, 2.75) is 51.0 Å². The number of rotatable bonds is 4. The Morgan fingerprint density at radius 2 is 2.17 bits per heavy atom. The molecule has 1 aromatic heterocycles. The first-order chi connectivity index (χ1) is 8.61. The van der Waals surface area contributed by atoms with Gasteiger partial charge in [0, 0.05) is 19.6 Å². The molecule has 5 heteroatoms. The van der Waals surface area contributed by atoms with Crippen LogP contribution in [0.1, 0.15) is 57.2 Å². The Morgan fingerprint density at radius 3 is 2.72 bits per heavy atom. The molecule has 1 atom stereocenters. The zero-order chi connectivity index (χ0) is 13.2. The molecule has 1 aromatic rings. The molecule has 0 aromatic carbocycles. The lowest BCUT2D eigenvalue weighted by molar-refractivity contribution is -0.0609. The monoisotopic (exact) mass is 253 g/mol. The minimum Gasteiger partial charge on any atom is -0.370 e. The summed E-state index contributed by atoms with van der Waals surface area (Å²) in [5, 5.41) is 4.11. The molecule has 18 heavy (non-hydrogen) atoms. The van der Waals surface area contributed by atoms with Gasteiger partial charge in [0.05, 0.1) is 0 Å². The van der Waals surface area contributed by atoms with Crippen molar-refractivity contribution < 1.29 is 9.26 Å². The second kappa shape index (κ2) is 5.36. The van der Waals surface area contributed by atoms with E-state index in [2.05, 4.69) is 17.1 Å². The first-order valence-corrected chi connectivity index (χ1v) is 6.70. The number of aromatic nitrogens is 2. The second-order valence-electron chi connectivity index (χ2n) is 5.47. The maximum atomic E-state index is 5.72. The fourth-order valence-corrected chi connectivity index (χ4v) is 2.47. The summed E-state index contributed by atoms with van der Waals surface area (Å²) in [4.78, 5) is 4.49. The minimum atomic E-state index is -0.359. The SMILES string of the molecule is COC1(c2noc(C(C)CN)n2)CCC(C)CC1. The van der Waals surface area contributed by atoms with Gasteiger partial charge in [-0.15, -0.1) is 0 Å². The van der Waals surface area contributed by atoms with E-state index in [0.29, 0.717) is 18.3 Å². The Hall–Kier alpha value is -0.940. The van der Waals surface area contributed by atoms with Crippen LogP contribution in [-0.2, 0) is 10.3 Å². The largest absolute Gasteiger partial charge is 0.370 e. The van der Waals surface area contributed by atoms with Gasteiger partial charge in [0.1, 0.15) is 5.60 Å². The molecular weight excluding hydrogens is 230 g/mol. The molecule has 1 heterocycles. The van der Waals surface area contributed by atoms with Crippen LogP contribution in [0.4, 0.5) is 0 Å². The molecule has 1 aliphatic carbocycles. The summed E-state index contributed by atoms with van der Waals surface area (Å²) < 4.78 is 11.0. The predicted octanol–water partition coefficient (Wildman–Crippen LogP) is 2.18. The average Bonchev–Trinajstić information content (AvgIpc) is 2.89. The van der Waals surface area contributed by atoms with Crippen molar-refractivity contribution >= 4 is 0 Å². The van der Waals surface area contributed by atoms with Gasteiger partial charge in [-0.25, -0.2) is 0 Å². The smallest absolute Gasteiger partial charge is 0.230 e. The normalized spacial score (nSPS) is 30.3. The summed E-state index contributed by atoms with van der Waals surface area (Å²) >= 11 is 0. The lowest BCUT2D eigenvalue weighted by Gasteiger charge is -2.35. The number of nitrogens with two attached hydrogens (primary N) is 1. The Bertz CT molecular complexity index is 383. The van der Waals surface area contributed by atoms with Crippen molar-refractivity contribution in [1.82, 2.24) is 10.1 Å². The minimum absolute atomic E-state index is 0.0997. The Labute approximate surface area is 108 Å². The van der Waals surface area contributed by atoms with Crippen molar-refractivity contribution in [2.24, 2.45) is 11.7 Å². The van der Waals surface area contributed by atoms with E-state index in [1.54, 1.807) is 7.11 Å². The van der Waals surface area contributed by atoms with Crippen molar-refractivity contribution in [1.29, 1.82) is 0 Å².